The molecule has 0 aliphatic carbocycles. The van der Waals surface area contributed by atoms with Crippen LogP contribution in [0.4, 0.5) is 0 Å². The molecule has 0 N–H and O–H groups in total. The molecule has 0 amide bonds. The van der Waals surface area contributed by atoms with Crippen molar-refractivity contribution in [1.29, 1.82) is 0 Å². The van der Waals surface area contributed by atoms with E-state index < -0.39 is 0 Å². The number of hydrogen-bond donors (Lipinski definition) is 0. The van der Waals surface area contributed by atoms with Gasteiger partial charge in [-0.2, -0.15) is 23.5 Å². The van der Waals surface area contributed by atoms with Gasteiger partial charge in [0.25, 0.3) is 0 Å². The Bertz CT molecular complexity index is 176. The highest BCUT2D eigenvalue weighted by molar-refractivity contribution is 8.01. The summed E-state index contributed by atoms with van der Waals surface area (Å²) in [6.07, 6.45) is 2.45. The van der Waals surface area contributed by atoms with E-state index >= 15 is 0 Å². The van der Waals surface area contributed by atoms with E-state index in [1.807, 2.05) is 11.8 Å². The van der Waals surface area contributed by atoms with Crippen LogP contribution >= 0.6 is 23.5 Å². The van der Waals surface area contributed by atoms with Gasteiger partial charge in [-0.3, -0.25) is 0 Å². The van der Waals surface area contributed by atoms with E-state index in [1.165, 1.54) is 18.6 Å². The molecule has 0 saturated carbocycles. The lowest BCUT2D eigenvalue weighted by Crippen LogP contribution is -2.18. The smallest absolute Gasteiger partial charge is 0.0103 e. The Balaban J connectivity index is 3.70. The van der Waals surface area contributed by atoms with Crippen LogP contribution < -0.4 is 0 Å². The Morgan fingerprint density at radius 2 is 1.75 bits per heavy atom. The highest BCUT2D eigenvalue weighted by Crippen LogP contribution is 2.33. The molecule has 0 spiro atoms. The molecular formula is C14H29S2. The molecular weight excluding hydrogens is 232 g/mol. The standard InChI is InChI=1S/C14H29S2/c1-8-14(6,7)16-12(4)9-10-15-13(5)11(2)3/h11-13H,4,8-10H2,1-3,5-7H3. The van der Waals surface area contributed by atoms with E-state index in [0.29, 0.717) is 10.00 Å². The van der Waals surface area contributed by atoms with Crippen molar-refractivity contribution < 1.29 is 0 Å². The van der Waals surface area contributed by atoms with Crippen molar-refractivity contribution in [3.05, 3.63) is 6.92 Å². The molecule has 16 heavy (non-hydrogen) atoms. The summed E-state index contributed by atoms with van der Waals surface area (Å²) < 4.78 is 0.390. The normalized spacial score (nSPS) is 16.5. The molecule has 0 heterocycles. The molecule has 0 nitrogen and oxygen atoms in total. The first-order valence-electron chi connectivity index (χ1n) is 6.41. The molecule has 2 atom stereocenters. The summed E-state index contributed by atoms with van der Waals surface area (Å²) >= 11 is 4.13. The van der Waals surface area contributed by atoms with Gasteiger partial charge in [0.15, 0.2) is 0 Å². The third kappa shape index (κ3) is 7.89. The molecule has 1 radical (unpaired) electrons. The van der Waals surface area contributed by atoms with Crippen molar-refractivity contribution in [2.45, 2.75) is 69.6 Å². The molecule has 0 aromatic heterocycles. The van der Waals surface area contributed by atoms with Crippen LogP contribution in [0.5, 0.6) is 0 Å². The minimum absolute atomic E-state index is 0.390. The van der Waals surface area contributed by atoms with Gasteiger partial charge in [0.05, 0.1) is 0 Å². The van der Waals surface area contributed by atoms with Gasteiger partial charge in [-0.05, 0) is 31.4 Å². The third-order valence-corrected chi connectivity index (χ3v) is 6.13. The van der Waals surface area contributed by atoms with Crippen molar-refractivity contribution in [1.82, 2.24) is 0 Å². The highest BCUT2D eigenvalue weighted by Gasteiger charge is 2.19. The largest absolute Gasteiger partial charge is 0.159 e. The minimum Gasteiger partial charge on any atom is -0.159 e. The van der Waals surface area contributed by atoms with Crippen molar-refractivity contribution in [3.63, 3.8) is 0 Å². The van der Waals surface area contributed by atoms with Crippen LogP contribution in [0.25, 0.3) is 0 Å². The Hall–Kier alpha value is 0.700. The van der Waals surface area contributed by atoms with Gasteiger partial charge in [0.1, 0.15) is 0 Å². The molecule has 0 aromatic rings. The number of thioether (sulfide) groups is 2. The van der Waals surface area contributed by atoms with Crippen LogP contribution in [0.2, 0.25) is 0 Å². The van der Waals surface area contributed by atoms with Crippen molar-refractivity contribution in [2.24, 2.45) is 5.92 Å². The van der Waals surface area contributed by atoms with E-state index in [1.54, 1.807) is 0 Å². The molecule has 2 heteroatoms. The quantitative estimate of drug-likeness (QED) is 0.583. The highest BCUT2D eigenvalue weighted by atomic mass is 32.2. The predicted molar refractivity (Wildman–Crippen MR) is 82.5 cm³/mol. The zero-order valence-corrected chi connectivity index (χ0v) is 13.5. The van der Waals surface area contributed by atoms with E-state index in [2.05, 4.69) is 60.2 Å². The average Bonchev–Trinajstić information content (AvgIpc) is 2.16. The molecule has 0 aromatic carbocycles. The molecule has 0 aliphatic rings. The maximum absolute atomic E-state index is 4.26. The third-order valence-electron chi connectivity index (χ3n) is 3.10. The van der Waals surface area contributed by atoms with Gasteiger partial charge in [-0.25, -0.2) is 0 Å². The average molecular weight is 262 g/mol. The molecule has 2 unspecified atom stereocenters. The zero-order chi connectivity index (χ0) is 12.8. The van der Waals surface area contributed by atoms with Crippen LogP contribution in [-0.2, 0) is 0 Å². The molecule has 0 rings (SSSR count). The Labute approximate surface area is 112 Å². The monoisotopic (exact) mass is 261 g/mol. The van der Waals surface area contributed by atoms with Gasteiger partial charge in [0.2, 0.25) is 0 Å². The Morgan fingerprint density at radius 3 is 2.19 bits per heavy atom. The topological polar surface area (TPSA) is 0 Å². The van der Waals surface area contributed by atoms with Crippen LogP contribution in [0.15, 0.2) is 0 Å². The number of rotatable bonds is 8. The van der Waals surface area contributed by atoms with Crippen LogP contribution in [0, 0.1) is 12.8 Å². The fraction of sp³-hybridized carbons (Fsp3) is 0.929. The summed E-state index contributed by atoms with van der Waals surface area (Å²) in [7, 11) is 0. The van der Waals surface area contributed by atoms with E-state index in [0.717, 1.165) is 11.2 Å². The summed E-state index contributed by atoms with van der Waals surface area (Å²) in [6.45, 7) is 18.1. The Kier molecular flexibility index (Phi) is 8.26. The van der Waals surface area contributed by atoms with Gasteiger partial charge >= 0.3 is 0 Å². The lowest BCUT2D eigenvalue weighted by atomic mass is 10.1. The van der Waals surface area contributed by atoms with E-state index in [4.69, 9.17) is 0 Å². The summed E-state index contributed by atoms with van der Waals surface area (Å²) in [4.78, 5) is 0. The summed E-state index contributed by atoms with van der Waals surface area (Å²) in [6, 6.07) is 0. The maximum Gasteiger partial charge on any atom is 0.0103 e. The summed E-state index contributed by atoms with van der Waals surface area (Å²) in [5.74, 6) is 2.04. The summed E-state index contributed by atoms with van der Waals surface area (Å²) in [5.41, 5.74) is 0. The van der Waals surface area contributed by atoms with Crippen LogP contribution in [0.3, 0.4) is 0 Å². The van der Waals surface area contributed by atoms with Crippen molar-refractivity contribution >= 4 is 23.5 Å². The van der Waals surface area contributed by atoms with Crippen molar-refractivity contribution in [3.8, 4) is 0 Å². The second-order valence-corrected chi connectivity index (χ2v) is 8.95. The summed E-state index contributed by atoms with van der Waals surface area (Å²) in [5, 5.41) is 1.32. The zero-order valence-electron chi connectivity index (χ0n) is 11.9. The fourth-order valence-electron chi connectivity index (χ4n) is 1.17. The first-order valence-corrected chi connectivity index (χ1v) is 8.34. The van der Waals surface area contributed by atoms with Crippen molar-refractivity contribution in [2.75, 3.05) is 5.75 Å². The van der Waals surface area contributed by atoms with E-state index in [9.17, 15) is 0 Å². The van der Waals surface area contributed by atoms with E-state index in [-0.39, 0.29) is 0 Å². The second-order valence-electron chi connectivity index (χ2n) is 5.46. The molecule has 97 valence electrons. The maximum atomic E-state index is 4.26. The van der Waals surface area contributed by atoms with Gasteiger partial charge in [-0.1, -0.05) is 41.5 Å². The Morgan fingerprint density at radius 1 is 1.19 bits per heavy atom. The van der Waals surface area contributed by atoms with Crippen LogP contribution in [-0.4, -0.2) is 21.0 Å². The minimum atomic E-state index is 0.390. The van der Waals surface area contributed by atoms with Gasteiger partial charge < -0.3 is 0 Å². The van der Waals surface area contributed by atoms with Gasteiger partial charge in [0, 0.05) is 15.2 Å². The lowest BCUT2D eigenvalue weighted by Gasteiger charge is -2.26. The lowest BCUT2D eigenvalue weighted by molar-refractivity contribution is 0.641. The molecule has 0 bridgehead atoms. The first kappa shape index (κ1) is 16.7. The SMILES string of the molecule is [CH2]C(CCSC(C)C(C)C)SC(C)(C)CC. The van der Waals surface area contributed by atoms with Gasteiger partial charge in [-0.15, -0.1) is 0 Å². The molecule has 0 fully saturated rings. The second kappa shape index (κ2) is 7.92. The fourth-order valence-corrected chi connectivity index (χ4v) is 3.80. The van der Waals surface area contributed by atoms with Crippen LogP contribution in [0.1, 0.15) is 54.4 Å². The molecule has 0 aliphatic heterocycles. The predicted octanol–water partition coefficient (Wildman–Crippen LogP) is 5.28. The first-order chi connectivity index (χ1) is 7.28. The number of hydrogen-bond acceptors (Lipinski definition) is 2. The molecule has 0 saturated heterocycles.